The molecule has 1 N–H and O–H groups in total. The molecule has 5 heterocycles. The number of carbonyl (C=O) groups excluding carboxylic acids is 2. The van der Waals surface area contributed by atoms with E-state index >= 15 is 0 Å². The zero-order valence-electron chi connectivity index (χ0n) is 23.6. The minimum atomic E-state index is -0.100. The Bertz CT molecular complexity index is 1480. The molecule has 4 aromatic rings. The first-order valence-corrected chi connectivity index (χ1v) is 14.9. The average molecular weight is 560 g/mol. The number of rotatable bonds is 11. The molecule has 40 heavy (non-hydrogen) atoms. The number of hydrogen-bond acceptors (Lipinski definition) is 8. The van der Waals surface area contributed by atoms with Gasteiger partial charge in [-0.2, -0.15) is 5.10 Å². The smallest absolute Gasteiger partial charge is 0.224 e. The lowest BCUT2D eigenvalue weighted by Crippen LogP contribution is -2.33. The van der Waals surface area contributed by atoms with E-state index in [1.54, 1.807) is 29.1 Å². The van der Waals surface area contributed by atoms with Crippen molar-refractivity contribution in [3.8, 4) is 21.8 Å². The van der Waals surface area contributed by atoms with Crippen LogP contribution in [-0.4, -0.2) is 75.4 Å². The summed E-state index contributed by atoms with van der Waals surface area (Å²) in [5, 5.41) is 9.32. The van der Waals surface area contributed by atoms with Gasteiger partial charge in [0, 0.05) is 44.4 Å². The second kappa shape index (κ2) is 12.3. The van der Waals surface area contributed by atoms with Crippen LogP contribution in [0, 0.1) is 5.92 Å². The second-order valence-corrected chi connectivity index (χ2v) is 11.2. The summed E-state index contributed by atoms with van der Waals surface area (Å²) in [4.78, 5) is 41.3. The number of carbonyl (C=O) groups is 2. The van der Waals surface area contributed by atoms with Crippen LogP contribution in [0.25, 0.3) is 27.5 Å². The van der Waals surface area contributed by atoms with Crippen LogP contribution in [0.5, 0.6) is 0 Å². The Hall–Kier alpha value is -3.63. The van der Waals surface area contributed by atoms with Gasteiger partial charge in [-0.25, -0.2) is 14.5 Å². The molecule has 4 aromatic heterocycles. The monoisotopic (exact) mass is 559 g/mol. The van der Waals surface area contributed by atoms with Crippen molar-refractivity contribution < 1.29 is 9.59 Å². The molecule has 0 unspecified atom stereocenters. The largest absolute Gasteiger partial charge is 0.359 e. The van der Waals surface area contributed by atoms with Crippen molar-refractivity contribution in [1.29, 1.82) is 0 Å². The zero-order chi connectivity index (χ0) is 28.2. The van der Waals surface area contributed by atoms with E-state index in [1.165, 1.54) is 0 Å². The molecule has 2 atom stereocenters. The molecular formula is C30H37N7O2S. The third kappa shape index (κ3) is 5.78. The standard InChI is InChI=1S/C30H37N7O2S/c1-5-35(6-2)20(3)9-10-26(38)22-16-25(33-28(17-22)36-13-11-21(19-36)30(39)31-4)23-18-32-37-14-12-24(34-29(23)37)27-8-7-15-40-27/h7-8,12,14-18,20-21H,5-6,9-11,13,19H2,1-4H3,(H,31,39)/t20-,21+/m0/s1. The normalized spacial score (nSPS) is 16.1. The highest BCUT2D eigenvalue weighted by molar-refractivity contribution is 7.13. The molecule has 0 bridgehead atoms. The summed E-state index contributed by atoms with van der Waals surface area (Å²) < 4.78 is 1.74. The van der Waals surface area contributed by atoms with Gasteiger partial charge in [-0.3, -0.25) is 9.59 Å². The Morgan fingerprint density at radius 1 is 1.18 bits per heavy atom. The number of thiophene rings is 1. The van der Waals surface area contributed by atoms with Crippen LogP contribution in [0.3, 0.4) is 0 Å². The second-order valence-electron chi connectivity index (χ2n) is 10.3. The summed E-state index contributed by atoms with van der Waals surface area (Å²) in [5.41, 5.74) is 3.62. The van der Waals surface area contributed by atoms with Gasteiger partial charge in [-0.1, -0.05) is 19.9 Å². The van der Waals surface area contributed by atoms with E-state index in [0.29, 0.717) is 48.3 Å². The highest BCUT2D eigenvalue weighted by Crippen LogP contribution is 2.31. The van der Waals surface area contributed by atoms with Gasteiger partial charge >= 0.3 is 0 Å². The molecule has 0 aromatic carbocycles. The maximum absolute atomic E-state index is 13.6. The molecule has 1 fully saturated rings. The molecule has 1 aliphatic heterocycles. The Labute approximate surface area is 239 Å². The minimum Gasteiger partial charge on any atom is -0.359 e. The molecule has 1 aliphatic rings. The molecule has 210 valence electrons. The van der Waals surface area contributed by atoms with E-state index in [2.05, 4.69) is 41.0 Å². The van der Waals surface area contributed by atoms with Gasteiger partial charge in [0.2, 0.25) is 5.91 Å². The summed E-state index contributed by atoms with van der Waals surface area (Å²) in [6.45, 7) is 9.69. The molecule has 1 saturated heterocycles. The first kappa shape index (κ1) is 27.9. The van der Waals surface area contributed by atoms with Crippen LogP contribution in [0.1, 0.15) is 50.4 Å². The average Bonchev–Trinajstić information content (AvgIpc) is 3.76. The van der Waals surface area contributed by atoms with E-state index in [-0.39, 0.29) is 17.6 Å². The van der Waals surface area contributed by atoms with Gasteiger partial charge < -0.3 is 15.1 Å². The first-order chi connectivity index (χ1) is 19.4. The highest BCUT2D eigenvalue weighted by atomic mass is 32.1. The zero-order valence-corrected chi connectivity index (χ0v) is 24.4. The molecule has 9 nitrogen and oxygen atoms in total. The Morgan fingerprint density at radius 3 is 2.73 bits per heavy atom. The van der Waals surface area contributed by atoms with Gasteiger partial charge in [0.1, 0.15) is 5.82 Å². The number of anilines is 1. The van der Waals surface area contributed by atoms with E-state index in [1.807, 2.05) is 41.9 Å². The van der Waals surface area contributed by atoms with Crippen molar-refractivity contribution in [2.75, 3.05) is 38.1 Å². The van der Waals surface area contributed by atoms with Crippen molar-refractivity contribution in [1.82, 2.24) is 29.8 Å². The number of nitrogens with one attached hydrogen (secondary N) is 1. The van der Waals surface area contributed by atoms with E-state index in [9.17, 15) is 9.59 Å². The Morgan fingerprint density at radius 2 is 2.00 bits per heavy atom. The van der Waals surface area contributed by atoms with Gasteiger partial charge in [0.25, 0.3) is 0 Å². The lowest BCUT2D eigenvalue weighted by Gasteiger charge is -2.26. The fourth-order valence-electron chi connectivity index (χ4n) is 5.49. The van der Waals surface area contributed by atoms with Crippen molar-refractivity contribution in [3.05, 3.63) is 53.7 Å². The van der Waals surface area contributed by atoms with Crippen LogP contribution >= 0.6 is 11.3 Å². The maximum Gasteiger partial charge on any atom is 0.224 e. The minimum absolute atomic E-state index is 0.0354. The van der Waals surface area contributed by atoms with Crippen molar-refractivity contribution >= 4 is 34.5 Å². The first-order valence-electron chi connectivity index (χ1n) is 14.1. The number of amides is 1. The molecule has 5 rings (SSSR count). The number of aromatic nitrogens is 4. The molecule has 1 amide bonds. The van der Waals surface area contributed by atoms with Crippen molar-refractivity contribution in [2.45, 2.75) is 46.1 Å². The number of fused-ring (bicyclic) bond motifs is 1. The van der Waals surface area contributed by atoms with Crippen LogP contribution in [0.2, 0.25) is 0 Å². The van der Waals surface area contributed by atoms with Crippen molar-refractivity contribution in [2.24, 2.45) is 5.92 Å². The molecule has 0 spiro atoms. The number of hydrogen-bond donors (Lipinski definition) is 1. The van der Waals surface area contributed by atoms with Crippen molar-refractivity contribution in [3.63, 3.8) is 0 Å². The third-order valence-corrected chi connectivity index (χ3v) is 8.80. The van der Waals surface area contributed by atoms with Gasteiger partial charge in [0.05, 0.1) is 33.9 Å². The summed E-state index contributed by atoms with van der Waals surface area (Å²) in [7, 11) is 1.67. The number of nitrogens with zero attached hydrogens (tertiary/aromatic N) is 6. The van der Waals surface area contributed by atoms with E-state index in [4.69, 9.17) is 9.97 Å². The molecule has 10 heteroatoms. The summed E-state index contributed by atoms with van der Waals surface area (Å²) >= 11 is 1.64. The fraction of sp³-hybridized carbons (Fsp3) is 0.433. The van der Waals surface area contributed by atoms with Gasteiger partial charge in [-0.15, -0.1) is 11.3 Å². The Balaban J connectivity index is 1.51. The Kier molecular flexibility index (Phi) is 8.56. The van der Waals surface area contributed by atoms with E-state index in [0.717, 1.165) is 42.1 Å². The number of Topliss-reactive ketones (excluding diaryl/α,β-unsaturated/α-hetero) is 1. The van der Waals surface area contributed by atoms with Crippen LogP contribution < -0.4 is 10.2 Å². The summed E-state index contributed by atoms with van der Waals surface area (Å²) in [5.74, 6) is 0.734. The predicted molar refractivity (Wildman–Crippen MR) is 160 cm³/mol. The summed E-state index contributed by atoms with van der Waals surface area (Å²) in [6.07, 6.45) is 5.66. The van der Waals surface area contributed by atoms with Gasteiger partial charge in [0.15, 0.2) is 11.4 Å². The van der Waals surface area contributed by atoms with Crippen LogP contribution in [0.4, 0.5) is 5.82 Å². The van der Waals surface area contributed by atoms with E-state index < -0.39 is 0 Å². The predicted octanol–water partition coefficient (Wildman–Crippen LogP) is 4.79. The lowest BCUT2D eigenvalue weighted by atomic mass is 10.0. The topological polar surface area (TPSA) is 95.7 Å². The third-order valence-electron chi connectivity index (χ3n) is 7.91. The molecule has 0 saturated carbocycles. The lowest BCUT2D eigenvalue weighted by molar-refractivity contribution is -0.123. The maximum atomic E-state index is 13.6. The SMILES string of the molecule is CCN(CC)[C@@H](C)CCC(=O)c1cc(-c2cnn3ccc(-c4cccs4)nc23)nc(N2CC[C@@H](C(=O)NC)C2)c1. The quantitative estimate of drug-likeness (QED) is 0.264. The number of ketones is 1. The molecular weight excluding hydrogens is 522 g/mol. The molecule has 0 aliphatic carbocycles. The van der Waals surface area contributed by atoms with Gasteiger partial charge in [-0.05, 0) is 62.5 Å². The van der Waals surface area contributed by atoms with Crippen LogP contribution in [-0.2, 0) is 4.79 Å². The summed E-state index contributed by atoms with van der Waals surface area (Å²) in [6, 6.07) is 10.1. The fourth-order valence-corrected chi connectivity index (χ4v) is 6.18. The number of pyridine rings is 1. The van der Waals surface area contributed by atoms with Crippen LogP contribution in [0.15, 0.2) is 48.1 Å². The highest BCUT2D eigenvalue weighted by Gasteiger charge is 2.29. The molecule has 0 radical (unpaired) electrons.